The van der Waals surface area contributed by atoms with Crippen LogP contribution in [-0.2, 0) is 0 Å². The monoisotopic (exact) mass is 137 g/mol. The molecule has 0 bridgehead atoms. The minimum Gasteiger partial charge on any atom is -0.263 e. The summed E-state index contributed by atoms with van der Waals surface area (Å²) in [7, 11) is 0. The van der Waals surface area contributed by atoms with Gasteiger partial charge in [0, 0.05) is 18.0 Å². The molecule has 1 aromatic rings. The molecule has 0 N–H and O–H groups in total. The van der Waals surface area contributed by atoms with Crippen LogP contribution in [0.1, 0.15) is 5.56 Å². The Morgan fingerprint density at radius 1 is 1.67 bits per heavy atom. The van der Waals surface area contributed by atoms with Crippen molar-refractivity contribution in [3.8, 4) is 12.3 Å². The van der Waals surface area contributed by atoms with Crippen molar-refractivity contribution in [3.05, 3.63) is 29.0 Å². The van der Waals surface area contributed by atoms with Crippen molar-refractivity contribution in [2.45, 2.75) is 0 Å². The van der Waals surface area contributed by atoms with Gasteiger partial charge in [0.05, 0.1) is 5.02 Å². The third-order valence-corrected chi connectivity index (χ3v) is 1.23. The molecule has 0 aliphatic heterocycles. The lowest BCUT2D eigenvalue weighted by Crippen LogP contribution is -1.76. The number of halogens is 1. The van der Waals surface area contributed by atoms with Crippen molar-refractivity contribution in [2.75, 3.05) is 0 Å². The molecule has 1 heterocycles. The minimum absolute atomic E-state index is 0.528. The summed E-state index contributed by atoms with van der Waals surface area (Å²) in [6.45, 7) is 0. The van der Waals surface area contributed by atoms with Gasteiger partial charge in [0.2, 0.25) is 0 Å². The van der Waals surface area contributed by atoms with Crippen LogP contribution in [0.5, 0.6) is 0 Å². The number of rotatable bonds is 0. The van der Waals surface area contributed by atoms with Gasteiger partial charge >= 0.3 is 0 Å². The van der Waals surface area contributed by atoms with Crippen LogP contribution in [0, 0.1) is 12.3 Å². The molecule has 0 saturated heterocycles. The van der Waals surface area contributed by atoms with Crippen LogP contribution in [0.25, 0.3) is 0 Å². The summed E-state index contributed by atoms with van der Waals surface area (Å²) in [5.74, 6) is 2.42. The summed E-state index contributed by atoms with van der Waals surface area (Å²) in [5, 5.41) is 0.528. The fourth-order valence-corrected chi connectivity index (χ4v) is 0.666. The molecule has 0 aliphatic rings. The molecular weight excluding hydrogens is 134 g/mol. The first kappa shape index (κ1) is 6.12. The normalized spacial score (nSPS) is 8.44. The zero-order valence-electron chi connectivity index (χ0n) is 4.63. The lowest BCUT2D eigenvalue weighted by atomic mass is 10.3. The fourth-order valence-electron chi connectivity index (χ4n) is 0.492. The van der Waals surface area contributed by atoms with Gasteiger partial charge in [0.15, 0.2) is 0 Å². The first-order chi connectivity index (χ1) is 4.34. The van der Waals surface area contributed by atoms with Gasteiger partial charge in [-0.1, -0.05) is 17.5 Å². The molecule has 0 atom stereocenters. The molecule has 44 valence electrons. The molecule has 9 heavy (non-hydrogen) atoms. The van der Waals surface area contributed by atoms with Crippen molar-refractivity contribution in [2.24, 2.45) is 0 Å². The highest BCUT2D eigenvalue weighted by Gasteiger charge is 1.91. The second kappa shape index (κ2) is 2.52. The molecule has 2 heteroatoms. The van der Waals surface area contributed by atoms with E-state index in [0.29, 0.717) is 10.6 Å². The fraction of sp³-hybridized carbons (Fsp3) is 0. The third kappa shape index (κ3) is 1.22. The van der Waals surface area contributed by atoms with Gasteiger partial charge in [-0.15, -0.1) is 6.42 Å². The van der Waals surface area contributed by atoms with E-state index in [9.17, 15) is 0 Å². The Hall–Kier alpha value is -1.00. The van der Waals surface area contributed by atoms with E-state index in [1.54, 1.807) is 12.3 Å². The van der Waals surface area contributed by atoms with Gasteiger partial charge in [0.1, 0.15) is 0 Å². The van der Waals surface area contributed by atoms with Crippen LogP contribution >= 0.6 is 11.6 Å². The molecule has 1 rings (SSSR count). The highest BCUT2D eigenvalue weighted by atomic mass is 35.5. The molecule has 0 radical (unpaired) electrons. The lowest BCUT2D eigenvalue weighted by molar-refractivity contribution is 1.32. The molecule has 0 unspecified atom stereocenters. The number of nitrogens with zero attached hydrogens (tertiary/aromatic N) is 1. The van der Waals surface area contributed by atoms with E-state index >= 15 is 0 Å². The molecule has 0 fully saturated rings. The molecule has 0 saturated carbocycles. The van der Waals surface area contributed by atoms with Crippen LogP contribution < -0.4 is 0 Å². The molecule has 0 amide bonds. The molecule has 1 nitrogen and oxygen atoms in total. The Labute approximate surface area is 58.7 Å². The van der Waals surface area contributed by atoms with Crippen LogP contribution in [0.15, 0.2) is 18.5 Å². The molecular formula is C7H4ClN. The van der Waals surface area contributed by atoms with Crippen LogP contribution in [0.2, 0.25) is 5.02 Å². The Morgan fingerprint density at radius 2 is 2.44 bits per heavy atom. The van der Waals surface area contributed by atoms with Crippen LogP contribution in [-0.4, -0.2) is 4.98 Å². The van der Waals surface area contributed by atoms with Gasteiger partial charge in [-0.05, 0) is 6.07 Å². The minimum atomic E-state index is 0.528. The largest absolute Gasteiger partial charge is 0.263 e. The number of hydrogen-bond acceptors (Lipinski definition) is 1. The summed E-state index contributed by atoms with van der Waals surface area (Å²) >= 11 is 5.62. The zero-order chi connectivity index (χ0) is 6.69. The predicted molar refractivity (Wildman–Crippen MR) is 37.2 cm³/mol. The maximum Gasteiger partial charge on any atom is 0.0745 e. The number of hydrogen-bond donors (Lipinski definition) is 0. The SMILES string of the molecule is C#Cc1ccncc1Cl. The van der Waals surface area contributed by atoms with Crippen molar-refractivity contribution < 1.29 is 0 Å². The van der Waals surface area contributed by atoms with E-state index in [-0.39, 0.29) is 0 Å². The van der Waals surface area contributed by atoms with E-state index in [4.69, 9.17) is 18.0 Å². The second-order valence-corrected chi connectivity index (χ2v) is 1.91. The van der Waals surface area contributed by atoms with E-state index in [1.807, 2.05) is 0 Å². The number of pyridine rings is 1. The van der Waals surface area contributed by atoms with Crippen LogP contribution in [0.3, 0.4) is 0 Å². The number of terminal acetylenes is 1. The van der Waals surface area contributed by atoms with E-state index in [0.717, 1.165) is 0 Å². The summed E-state index contributed by atoms with van der Waals surface area (Å²) in [6, 6.07) is 1.70. The Bertz CT molecular complexity index is 249. The Morgan fingerprint density at radius 3 is 2.89 bits per heavy atom. The maximum absolute atomic E-state index is 5.62. The topological polar surface area (TPSA) is 12.9 Å². The summed E-state index contributed by atoms with van der Waals surface area (Å²) < 4.78 is 0. The van der Waals surface area contributed by atoms with Crippen molar-refractivity contribution >= 4 is 11.6 Å². The smallest absolute Gasteiger partial charge is 0.0745 e. The van der Waals surface area contributed by atoms with Crippen molar-refractivity contribution in [1.82, 2.24) is 4.98 Å². The molecule has 0 aromatic carbocycles. The molecule has 0 spiro atoms. The van der Waals surface area contributed by atoms with Gasteiger partial charge in [-0.2, -0.15) is 0 Å². The van der Waals surface area contributed by atoms with Gasteiger partial charge < -0.3 is 0 Å². The van der Waals surface area contributed by atoms with Gasteiger partial charge in [0.25, 0.3) is 0 Å². The maximum atomic E-state index is 5.62. The van der Waals surface area contributed by atoms with E-state index < -0.39 is 0 Å². The van der Waals surface area contributed by atoms with Crippen molar-refractivity contribution in [1.29, 1.82) is 0 Å². The summed E-state index contributed by atoms with van der Waals surface area (Å²) in [6.07, 6.45) is 8.23. The lowest BCUT2D eigenvalue weighted by Gasteiger charge is -1.89. The average molecular weight is 138 g/mol. The standard InChI is InChI=1S/C7H4ClN/c1-2-6-3-4-9-5-7(6)8/h1,3-5H. The van der Waals surface area contributed by atoms with E-state index in [2.05, 4.69) is 10.9 Å². The second-order valence-electron chi connectivity index (χ2n) is 1.50. The molecule has 1 aromatic heterocycles. The van der Waals surface area contributed by atoms with Crippen molar-refractivity contribution in [3.63, 3.8) is 0 Å². The average Bonchev–Trinajstić information content (AvgIpc) is 1.89. The summed E-state index contributed by atoms with van der Waals surface area (Å²) in [5.41, 5.74) is 0.687. The summed E-state index contributed by atoms with van der Waals surface area (Å²) in [4.78, 5) is 3.77. The quantitative estimate of drug-likeness (QED) is 0.496. The Balaban J connectivity index is 3.20. The third-order valence-electron chi connectivity index (χ3n) is 0.928. The first-order valence-electron chi connectivity index (χ1n) is 2.40. The zero-order valence-corrected chi connectivity index (χ0v) is 5.39. The van der Waals surface area contributed by atoms with E-state index in [1.165, 1.54) is 6.20 Å². The first-order valence-corrected chi connectivity index (χ1v) is 2.78. The Kier molecular flexibility index (Phi) is 1.72. The highest BCUT2D eigenvalue weighted by Crippen LogP contribution is 2.10. The van der Waals surface area contributed by atoms with Gasteiger partial charge in [-0.3, -0.25) is 4.98 Å². The van der Waals surface area contributed by atoms with Gasteiger partial charge in [-0.25, -0.2) is 0 Å². The number of aromatic nitrogens is 1. The van der Waals surface area contributed by atoms with Crippen LogP contribution in [0.4, 0.5) is 0 Å². The predicted octanol–water partition coefficient (Wildman–Crippen LogP) is 1.72. The molecule has 0 aliphatic carbocycles. The highest BCUT2D eigenvalue weighted by molar-refractivity contribution is 6.31.